The average molecular weight is 648 g/mol. The Bertz CT molecular complexity index is 2840. The van der Waals surface area contributed by atoms with Gasteiger partial charge in [-0.3, -0.25) is 0 Å². The minimum Gasteiger partial charge on any atom is -0.309 e. The monoisotopic (exact) mass is 647 g/mol. The fourth-order valence-corrected chi connectivity index (χ4v) is 8.23. The normalized spacial score (nSPS) is 11.5. The summed E-state index contributed by atoms with van der Waals surface area (Å²) in [4.78, 5) is 0. The Balaban J connectivity index is 1.28. The second-order valence-corrected chi connectivity index (χ2v) is 13.2. The third-order valence-corrected chi connectivity index (χ3v) is 10.4. The molecule has 1 aromatic heterocycles. The molecule has 1 heterocycles. The van der Waals surface area contributed by atoms with Crippen LogP contribution in [0.3, 0.4) is 0 Å². The van der Waals surface area contributed by atoms with E-state index in [1.54, 1.807) is 0 Å². The molecule has 0 bridgehead atoms. The molecule has 0 saturated heterocycles. The van der Waals surface area contributed by atoms with Crippen LogP contribution in [0.25, 0.3) is 93.5 Å². The molecule has 1 nitrogen and oxygen atoms in total. The summed E-state index contributed by atoms with van der Waals surface area (Å²) in [6, 6.07) is 72.9. The van der Waals surface area contributed by atoms with Crippen LogP contribution in [0.1, 0.15) is 0 Å². The topological polar surface area (TPSA) is 4.93 Å². The highest BCUT2D eigenvalue weighted by molar-refractivity contribution is 6.23. The molecule has 51 heavy (non-hydrogen) atoms. The first-order valence-corrected chi connectivity index (χ1v) is 17.6. The van der Waals surface area contributed by atoms with Crippen molar-refractivity contribution < 1.29 is 0 Å². The van der Waals surface area contributed by atoms with Gasteiger partial charge in [-0.15, -0.1) is 0 Å². The second kappa shape index (κ2) is 12.0. The van der Waals surface area contributed by atoms with Gasteiger partial charge in [-0.1, -0.05) is 176 Å². The Morgan fingerprint density at radius 1 is 0.275 bits per heavy atom. The summed E-state index contributed by atoms with van der Waals surface area (Å²) in [6.45, 7) is 0. The highest BCUT2D eigenvalue weighted by atomic mass is 15.0. The van der Waals surface area contributed by atoms with E-state index in [0.29, 0.717) is 0 Å². The summed E-state index contributed by atoms with van der Waals surface area (Å²) in [5.41, 5.74) is 13.5. The van der Waals surface area contributed by atoms with Crippen LogP contribution in [0, 0.1) is 0 Å². The van der Waals surface area contributed by atoms with Crippen molar-refractivity contribution in [3.63, 3.8) is 0 Å². The van der Waals surface area contributed by atoms with Gasteiger partial charge in [0.15, 0.2) is 0 Å². The molecule has 0 N–H and O–H groups in total. The van der Waals surface area contributed by atoms with Gasteiger partial charge in [-0.05, 0) is 84.8 Å². The van der Waals surface area contributed by atoms with E-state index in [4.69, 9.17) is 0 Å². The summed E-state index contributed by atoms with van der Waals surface area (Å²) >= 11 is 0. The van der Waals surface area contributed by atoms with Crippen molar-refractivity contribution in [1.82, 2.24) is 4.57 Å². The van der Waals surface area contributed by atoms with E-state index < -0.39 is 0 Å². The van der Waals surface area contributed by atoms with E-state index in [0.717, 1.165) is 5.69 Å². The zero-order chi connectivity index (χ0) is 33.7. The lowest BCUT2D eigenvalue weighted by atomic mass is 9.83. The Morgan fingerprint density at radius 3 is 1.45 bits per heavy atom. The highest BCUT2D eigenvalue weighted by Crippen LogP contribution is 2.48. The van der Waals surface area contributed by atoms with Crippen LogP contribution in [-0.2, 0) is 0 Å². The van der Waals surface area contributed by atoms with Crippen molar-refractivity contribution in [2.24, 2.45) is 0 Å². The Morgan fingerprint density at radius 2 is 0.745 bits per heavy atom. The summed E-state index contributed by atoms with van der Waals surface area (Å²) in [5, 5.41) is 7.52. The number of para-hydroxylation sites is 3. The molecular formula is C50H33N. The third-order valence-electron chi connectivity index (χ3n) is 10.4. The molecular weight excluding hydrogens is 615 g/mol. The molecule has 1 heteroatoms. The first kappa shape index (κ1) is 29.2. The Labute approximate surface area is 297 Å². The van der Waals surface area contributed by atoms with Crippen LogP contribution in [0.2, 0.25) is 0 Å². The van der Waals surface area contributed by atoms with Gasteiger partial charge in [0, 0.05) is 22.0 Å². The fraction of sp³-hybridized carbons (Fsp3) is 0. The molecule has 0 aliphatic carbocycles. The maximum absolute atomic E-state index is 2.44. The van der Waals surface area contributed by atoms with Crippen molar-refractivity contribution in [1.29, 1.82) is 0 Å². The minimum atomic E-state index is 1.16. The highest BCUT2D eigenvalue weighted by Gasteiger charge is 2.22. The summed E-state index contributed by atoms with van der Waals surface area (Å²) in [7, 11) is 0. The van der Waals surface area contributed by atoms with Crippen LogP contribution in [0.5, 0.6) is 0 Å². The largest absolute Gasteiger partial charge is 0.309 e. The molecule has 0 atom stereocenters. The van der Waals surface area contributed by atoms with Crippen molar-refractivity contribution in [3.8, 4) is 50.2 Å². The standard InChI is InChI=1S/C50H33N/c1-3-17-34(18-4-1)35-19-15-20-36(33-35)48-41-26-9-11-28-43(41)49(44-29-12-10-27-42(44)48)40-25-8-7-23-38(40)45-30-16-31-46-39-24-13-14-32-47(39)51(50(45)46)37-21-5-2-6-22-37/h1-33H. The lowest BCUT2D eigenvalue weighted by molar-refractivity contribution is 1.18. The molecule has 10 aromatic rings. The maximum Gasteiger partial charge on any atom is 0.0619 e. The summed E-state index contributed by atoms with van der Waals surface area (Å²) in [5.74, 6) is 0. The number of fused-ring (bicyclic) bond motifs is 5. The zero-order valence-electron chi connectivity index (χ0n) is 28.0. The molecule has 9 aromatic carbocycles. The maximum atomic E-state index is 2.44. The quantitative estimate of drug-likeness (QED) is 0.164. The number of hydrogen-bond donors (Lipinski definition) is 0. The molecule has 0 amide bonds. The molecule has 0 unspecified atom stereocenters. The third kappa shape index (κ3) is 4.70. The number of benzene rings is 9. The number of aromatic nitrogens is 1. The van der Waals surface area contributed by atoms with E-state index in [2.05, 4.69) is 205 Å². The van der Waals surface area contributed by atoms with Crippen LogP contribution in [0.15, 0.2) is 200 Å². The molecule has 0 spiro atoms. The van der Waals surface area contributed by atoms with Crippen molar-refractivity contribution in [3.05, 3.63) is 200 Å². The molecule has 10 rings (SSSR count). The van der Waals surface area contributed by atoms with Gasteiger partial charge in [0.2, 0.25) is 0 Å². The van der Waals surface area contributed by atoms with E-state index >= 15 is 0 Å². The lowest BCUT2D eigenvalue weighted by Gasteiger charge is -2.20. The van der Waals surface area contributed by atoms with Crippen molar-refractivity contribution >= 4 is 43.4 Å². The predicted octanol–water partition coefficient (Wildman–Crippen LogP) is 13.8. The summed E-state index contributed by atoms with van der Waals surface area (Å²) < 4.78 is 2.44. The minimum absolute atomic E-state index is 1.16. The molecule has 0 aliphatic heterocycles. The molecule has 0 aliphatic rings. The molecule has 0 fully saturated rings. The number of nitrogens with zero attached hydrogens (tertiary/aromatic N) is 1. The van der Waals surface area contributed by atoms with Crippen LogP contribution >= 0.6 is 0 Å². The van der Waals surface area contributed by atoms with Crippen molar-refractivity contribution in [2.75, 3.05) is 0 Å². The van der Waals surface area contributed by atoms with Gasteiger partial charge in [-0.25, -0.2) is 0 Å². The predicted molar refractivity (Wildman–Crippen MR) is 218 cm³/mol. The van der Waals surface area contributed by atoms with Gasteiger partial charge in [-0.2, -0.15) is 0 Å². The molecule has 0 radical (unpaired) electrons. The zero-order valence-corrected chi connectivity index (χ0v) is 28.0. The molecule has 238 valence electrons. The average Bonchev–Trinajstić information content (AvgIpc) is 3.55. The van der Waals surface area contributed by atoms with Gasteiger partial charge in [0.1, 0.15) is 0 Å². The Hall–Kier alpha value is -6.70. The van der Waals surface area contributed by atoms with Gasteiger partial charge >= 0.3 is 0 Å². The first-order valence-electron chi connectivity index (χ1n) is 17.6. The van der Waals surface area contributed by atoms with Crippen LogP contribution < -0.4 is 0 Å². The number of rotatable bonds is 5. The molecule has 0 saturated carbocycles. The smallest absolute Gasteiger partial charge is 0.0619 e. The van der Waals surface area contributed by atoms with E-state index in [9.17, 15) is 0 Å². The van der Waals surface area contributed by atoms with Crippen molar-refractivity contribution in [2.45, 2.75) is 0 Å². The van der Waals surface area contributed by atoms with E-state index in [1.807, 2.05) is 0 Å². The van der Waals surface area contributed by atoms with E-state index in [-0.39, 0.29) is 0 Å². The van der Waals surface area contributed by atoms with Gasteiger partial charge < -0.3 is 4.57 Å². The first-order chi connectivity index (χ1) is 25.3. The second-order valence-electron chi connectivity index (χ2n) is 13.2. The lowest BCUT2D eigenvalue weighted by Crippen LogP contribution is -1.96. The summed E-state index contributed by atoms with van der Waals surface area (Å²) in [6.07, 6.45) is 0. The Kier molecular flexibility index (Phi) is 6.89. The van der Waals surface area contributed by atoms with Gasteiger partial charge in [0.25, 0.3) is 0 Å². The SMILES string of the molecule is c1ccc(-c2cccc(-c3c4ccccc4c(-c4ccccc4-c4cccc5c6ccccc6n(-c6ccccc6)c45)c4ccccc34)c2)cc1. The number of hydrogen-bond acceptors (Lipinski definition) is 0. The van der Waals surface area contributed by atoms with Crippen LogP contribution in [0.4, 0.5) is 0 Å². The fourth-order valence-electron chi connectivity index (χ4n) is 8.23. The van der Waals surface area contributed by atoms with Crippen LogP contribution in [-0.4, -0.2) is 4.57 Å². The van der Waals surface area contributed by atoms with Gasteiger partial charge in [0.05, 0.1) is 11.0 Å². The van der Waals surface area contributed by atoms with E-state index in [1.165, 1.54) is 87.9 Å².